The predicted octanol–water partition coefficient (Wildman–Crippen LogP) is -1.27. The van der Waals surface area contributed by atoms with Gasteiger partial charge >= 0.3 is 11.9 Å². The molecule has 0 amide bonds. The largest absolute Gasteiger partial charge is 0.480 e. The first-order valence-corrected chi connectivity index (χ1v) is 3.89. The first-order chi connectivity index (χ1) is 6.09. The summed E-state index contributed by atoms with van der Waals surface area (Å²) < 4.78 is 1.31. The number of carbonyl (C=O) groups is 2. The van der Waals surface area contributed by atoms with E-state index in [1.807, 2.05) is 0 Å². The van der Waals surface area contributed by atoms with Gasteiger partial charge in [0, 0.05) is 6.42 Å². The minimum atomic E-state index is -1.05. The van der Waals surface area contributed by atoms with Crippen molar-refractivity contribution in [1.29, 1.82) is 0 Å². The summed E-state index contributed by atoms with van der Waals surface area (Å²) in [6.07, 6.45) is 2.05. The lowest BCUT2D eigenvalue weighted by atomic mass is 10.2. The zero-order valence-corrected chi connectivity index (χ0v) is 6.97. The van der Waals surface area contributed by atoms with E-state index in [0.717, 1.165) is 0 Å². The van der Waals surface area contributed by atoms with Crippen molar-refractivity contribution in [3.8, 4) is 0 Å². The molecule has 0 radical (unpaired) electrons. The molecular weight excluding hydrogens is 176 g/mol. The second-order valence-electron chi connectivity index (χ2n) is 2.72. The quantitative estimate of drug-likeness (QED) is 0.423. The second kappa shape index (κ2) is 3.99. The fourth-order valence-corrected chi connectivity index (χ4v) is 0.908. The van der Waals surface area contributed by atoms with Crippen LogP contribution in [-0.2, 0) is 14.4 Å². The topological polar surface area (TPSA) is 92.6 Å². The van der Waals surface area contributed by atoms with Crippen LogP contribution in [0.25, 0.3) is 0 Å². The Morgan fingerprint density at radius 1 is 1.85 bits per heavy atom. The molecule has 72 valence electrons. The molecule has 1 heterocycles. The molecule has 0 spiro atoms. The van der Waals surface area contributed by atoms with Gasteiger partial charge in [0.2, 0.25) is 6.21 Å². The number of aliphatic carboxylic acids is 1. The summed E-state index contributed by atoms with van der Waals surface area (Å²) in [6, 6.07) is -0.910. The number of hydrogen-bond donors (Lipinski definition) is 2. The first-order valence-electron chi connectivity index (χ1n) is 3.89. The number of hydrogen-bond acceptors (Lipinski definition) is 4. The summed E-state index contributed by atoms with van der Waals surface area (Å²) in [6.45, 7) is 0.319. The van der Waals surface area contributed by atoms with E-state index in [1.54, 1.807) is 6.21 Å². The Hall–Kier alpha value is -1.43. The molecule has 0 aromatic carbocycles. The minimum absolute atomic E-state index is 0.238. The molecule has 0 aliphatic carbocycles. The highest BCUT2D eigenvalue weighted by atomic mass is 16.7. The van der Waals surface area contributed by atoms with Gasteiger partial charge in [-0.2, -0.15) is 4.84 Å². The Kier molecular flexibility index (Phi) is 2.97. The molecule has 13 heavy (non-hydrogen) atoms. The van der Waals surface area contributed by atoms with Crippen LogP contribution < -0.4 is 5.73 Å². The van der Waals surface area contributed by atoms with Gasteiger partial charge in [-0.25, -0.2) is 4.79 Å². The van der Waals surface area contributed by atoms with Crippen LogP contribution in [0.3, 0.4) is 0 Å². The predicted molar refractivity (Wildman–Crippen MR) is 42.1 cm³/mol. The maximum Gasteiger partial charge on any atom is 0.389 e. The van der Waals surface area contributed by atoms with Gasteiger partial charge in [0.05, 0.1) is 0 Å². The monoisotopic (exact) mass is 187 g/mol. The third kappa shape index (κ3) is 2.83. The zero-order valence-electron chi connectivity index (χ0n) is 6.97. The molecule has 0 bridgehead atoms. The van der Waals surface area contributed by atoms with Gasteiger partial charge in [0.15, 0.2) is 6.54 Å². The molecule has 6 nitrogen and oxygen atoms in total. The fourth-order valence-electron chi connectivity index (χ4n) is 0.908. The molecule has 1 aliphatic heterocycles. The molecule has 0 aromatic rings. The Balaban J connectivity index is 2.27. The fraction of sp³-hybridized carbons (Fsp3) is 0.571. The van der Waals surface area contributed by atoms with E-state index in [0.29, 0.717) is 6.54 Å². The molecular formula is C7H11N2O4+. The Bertz CT molecular complexity index is 261. The van der Waals surface area contributed by atoms with Gasteiger partial charge < -0.3 is 10.8 Å². The number of hydroxylamine groups is 1. The molecule has 6 heteroatoms. The highest BCUT2D eigenvalue weighted by molar-refractivity contribution is 5.85. The number of nitrogens with zero attached hydrogens (tertiary/aromatic N) is 1. The SMILES string of the molecule is NC(CC[N+]1=CCC(=O)O1)C(=O)O. The van der Waals surface area contributed by atoms with Crippen LogP contribution in [0.5, 0.6) is 0 Å². The minimum Gasteiger partial charge on any atom is -0.480 e. The van der Waals surface area contributed by atoms with Crippen LogP contribution in [0.1, 0.15) is 12.8 Å². The van der Waals surface area contributed by atoms with Gasteiger partial charge in [-0.1, -0.05) is 0 Å². The summed E-state index contributed by atoms with van der Waals surface area (Å²) in [5.74, 6) is -1.38. The maximum atomic E-state index is 10.6. The maximum absolute atomic E-state index is 10.6. The normalized spacial score (nSPS) is 17.9. The summed E-state index contributed by atoms with van der Waals surface area (Å²) in [4.78, 5) is 25.6. The first kappa shape index (κ1) is 9.66. The molecule has 0 saturated heterocycles. The van der Waals surface area contributed by atoms with E-state index < -0.39 is 12.0 Å². The molecule has 1 aliphatic rings. The van der Waals surface area contributed by atoms with Gasteiger partial charge in [0.25, 0.3) is 0 Å². The zero-order chi connectivity index (χ0) is 9.84. The third-order valence-electron chi connectivity index (χ3n) is 1.66. The van der Waals surface area contributed by atoms with Crippen LogP contribution >= 0.6 is 0 Å². The molecule has 1 unspecified atom stereocenters. The molecule has 0 fully saturated rings. The van der Waals surface area contributed by atoms with E-state index >= 15 is 0 Å². The van der Waals surface area contributed by atoms with Crippen molar-refractivity contribution in [2.45, 2.75) is 18.9 Å². The third-order valence-corrected chi connectivity index (χ3v) is 1.66. The standard InChI is InChI=1S/C7H10N2O4/c8-5(7(11)12)1-3-9-4-2-6(10)13-9/h4-5H,1-3,8H2/p+1. The lowest BCUT2D eigenvalue weighted by molar-refractivity contribution is -0.752. The molecule has 0 saturated carbocycles. The van der Waals surface area contributed by atoms with E-state index in [1.165, 1.54) is 4.74 Å². The number of rotatable bonds is 4. The lowest BCUT2D eigenvalue weighted by Crippen LogP contribution is -2.32. The summed E-state index contributed by atoms with van der Waals surface area (Å²) in [5.41, 5.74) is 5.25. The van der Waals surface area contributed by atoms with Crippen molar-refractivity contribution in [2.24, 2.45) is 5.73 Å². The highest BCUT2D eigenvalue weighted by Crippen LogP contribution is 1.97. The smallest absolute Gasteiger partial charge is 0.389 e. The molecule has 1 atom stereocenters. The Morgan fingerprint density at radius 2 is 2.54 bits per heavy atom. The number of carboxylic acid groups (broad SMARTS) is 1. The average Bonchev–Trinajstić information content (AvgIpc) is 2.47. The number of nitrogens with two attached hydrogens (primary N) is 1. The van der Waals surface area contributed by atoms with E-state index in [4.69, 9.17) is 10.8 Å². The average molecular weight is 187 g/mol. The number of carboxylic acids is 1. The summed E-state index contributed by atoms with van der Waals surface area (Å²) in [5, 5.41) is 8.45. The van der Waals surface area contributed by atoms with Crippen molar-refractivity contribution in [3.63, 3.8) is 0 Å². The van der Waals surface area contributed by atoms with Crippen molar-refractivity contribution in [3.05, 3.63) is 0 Å². The molecule has 0 aromatic heterocycles. The van der Waals surface area contributed by atoms with Crippen LogP contribution in [0.2, 0.25) is 0 Å². The summed E-state index contributed by atoms with van der Waals surface area (Å²) in [7, 11) is 0. The van der Waals surface area contributed by atoms with Gasteiger partial charge in [0.1, 0.15) is 12.5 Å². The lowest BCUT2D eigenvalue weighted by Gasteiger charge is -2.01. The van der Waals surface area contributed by atoms with Gasteiger partial charge in [-0.15, -0.1) is 0 Å². The van der Waals surface area contributed by atoms with Crippen molar-refractivity contribution >= 4 is 18.2 Å². The van der Waals surface area contributed by atoms with Gasteiger partial charge in [-0.05, 0) is 4.74 Å². The van der Waals surface area contributed by atoms with Crippen molar-refractivity contribution < 1.29 is 24.3 Å². The number of carbonyl (C=O) groups excluding carboxylic acids is 1. The van der Waals surface area contributed by atoms with Gasteiger partial charge in [-0.3, -0.25) is 4.79 Å². The van der Waals surface area contributed by atoms with E-state index in [-0.39, 0.29) is 18.8 Å². The van der Waals surface area contributed by atoms with Crippen molar-refractivity contribution in [1.82, 2.24) is 0 Å². The van der Waals surface area contributed by atoms with E-state index in [2.05, 4.69) is 4.84 Å². The van der Waals surface area contributed by atoms with Crippen LogP contribution in [-0.4, -0.2) is 40.6 Å². The molecule has 3 N–H and O–H groups in total. The Labute approximate surface area is 74.6 Å². The second-order valence-corrected chi connectivity index (χ2v) is 2.72. The highest BCUT2D eigenvalue weighted by Gasteiger charge is 2.24. The summed E-state index contributed by atoms with van der Waals surface area (Å²) >= 11 is 0. The van der Waals surface area contributed by atoms with E-state index in [9.17, 15) is 9.59 Å². The molecule has 1 rings (SSSR count). The van der Waals surface area contributed by atoms with Crippen LogP contribution in [0.15, 0.2) is 0 Å². The Morgan fingerprint density at radius 3 is 3.00 bits per heavy atom. The van der Waals surface area contributed by atoms with Crippen LogP contribution in [0, 0.1) is 0 Å². The van der Waals surface area contributed by atoms with Crippen LogP contribution in [0.4, 0.5) is 0 Å². The van der Waals surface area contributed by atoms with Crippen molar-refractivity contribution in [2.75, 3.05) is 6.54 Å².